The Bertz CT molecular complexity index is 207. The Morgan fingerprint density at radius 3 is 2.79 bits per heavy atom. The van der Waals surface area contributed by atoms with Gasteiger partial charge >= 0.3 is 0 Å². The number of likely N-dealkylation sites (N-methyl/N-ethyl adjacent to an activating group) is 1. The van der Waals surface area contributed by atoms with Gasteiger partial charge < -0.3 is 10.6 Å². The van der Waals surface area contributed by atoms with E-state index in [1.165, 1.54) is 7.05 Å². The molecule has 5 nitrogen and oxygen atoms in total. The minimum absolute atomic E-state index is 0.181. The third kappa shape index (κ3) is 2.94. The highest BCUT2D eigenvalue weighted by atomic mass is 16.2. The highest BCUT2D eigenvalue weighted by Crippen LogP contribution is 2.19. The first-order valence-corrected chi connectivity index (χ1v) is 4.97. The van der Waals surface area contributed by atoms with Crippen molar-refractivity contribution in [1.29, 1.82) is 0 Å². The fourth-order valence-electron chi connectivity index (χ4n) is 1.94. The van der Waals surface area contributed by atoms with Crippen LogP contribution in [0.1, 0.15) is 12.8 Å². The van der Waals surface area contributed by atoms with Crippen molar-refractivity contribution in [3.05, 3.63) is 0 Å². The molecule has 0 bridgehead atoms. The van der Waals surface area contributed by atoms with Crippen molar-refractivity contribution >= 4 is 5.91 Å². The Balaban J connectivity index is 2.33. The summed E-state index contributed by atoms with van der Waals surface area (Å²) in [5, 5.41) is 1.07. The zero-order chi connectivity index (χ0) is 10.7. The maximum atomic E-state index is 11.4. The molecular formula is C9H20N4O. The number of hydrogen-bond donors (Lipinski definition) is 2. The number of rotatable bonds is 3. The summed E-state index contributed by atoms with van der Waals surface area (Å²) in [5.41, 5.74) is 5.75. The highest BCUT2D eigenvalue weighted by molar-refractivity contribution is 5.80. The van der Waals surface area contributed by atoms with E-state index in [0.717, 1.165) is 30.9 Å². The fraction of sp³-hybridized carbons (Fsp3) is 0.889. The normalized spacial score (nSPS) is 25.0. The minimum Gasteiger partial charge on any atom is -0.320 e. The van der Waals surface area contributed by atoms with E-state index in [9.17, 15) is 4.79 Å². The van der Waals surface area contributed by atoms with Gasteiger partial charge in [0.25, 0.3) is 5.91 Å². The Hall–Kier alpha value is -0.650. The lowest BCUT2D eigenvalue weighted by Crippen LogP contribution is -2.46. The first-order chi connectivity index (χ1) is 6.50. The quantitative estimate of drug-likeness (QED) is 0.348. The Kier molecular flexibility index (Phi) is 3.86. The second kappa shape index (κ2) is 4.72. The van der Waals surface area contributed by atoms with Crippen LogP contribution in [0.2, 0.25) is 0 Å². The molecule has 14 heavy (non-hydrogen) atoms. The predicted octanol–water partition coefficient (Wildman–Crippen LogP) is -1.01. The van der Waals surface area contributed by atoms with E-state index in [1.807, 2.05) is 0 Å². The summed E-state index contributed by atoms with van der Waals surface area (Å²) in [7, 11) is 3.62. The molecule has 1 aliphatic heterocycles. The van der Waals surface area contributed by atoms with Gasteiger partial charge in [0.1, 0.15) is 0 Å². The van der Waals surface area contributed by atoms with Crippen molar-refractivity contribution < 1.29 is 4.79 Å². The Labute approximate surface area is 85.0 Å². The van der Waals surface area contributed by atoms with Crippen LogP contribution in [0.15, 0.2) is 0 Å². The van der Waals surface area contributed by atoms with Gasteiger partial charge in [0.2, 0.25) is 0 Å². The minimum atomic E-state index is -0.443. The monoisotopic (exact) mass is 200 g/mol. The van der Waals surface area contributed by atoms with Crippen molar-refractivity contribution in [1.82, 2.24) is 9.91 Å². The number of hydrogen-bond acceptors (Lipinski definition) is 4. The molecule has 0 spiro atoms. The summed E-state index contributed by atoms with van der Waals surface area (Å²) in [6.07, 6.45) is 1.87. The molecule has 0 aromatic rings. The van der Waals surface area contributed by atoms with Gasteiger partial charge in [-0.25, -0.2) is 5.84 Å². The smallest absolute Gasteiger partial charge is 0.253 e. The molecule has 0 aliphatic carbocycles. The van der Waals surface area contributed by atoms with Gasteiger partial charge in [-0.05, 0) is 32.4 Å². The van der Waals surface area contributed by atoms with Crippen molar-refractivity contribution in [2.75, 3.05) is 27.2 Å². The summed E-state index contributed by atoms with van der Waals surface area (Å²) in [4.78, 5) is 13.6. The first kappa shape index (κ1) is 11.4. The fourth-order valence-corrected chi connectivity index (χ4v) is 1.94. The van der Waals surface area contributed by atoms with E-state index < -0.39 is 6.04 Å². The Morgan fingerprint density at radius 1 is 1.71 bits per heavy atom. The number of carbonyl (C=O) groups is 1. The molecule has 0 aromatic carbocycles. The van der Waals surface area contributed by atoms with Crippen molar-refractivity contribution in [2.24, 2.45) is 17.5 Å². The molecule has 1 rings (SSSR count). The molecule has 1 amide bonds. The number of nitrogens with zero attached hydrogens (tertiary/aromatic N) is 2. The van der Waals surface area contributed by atoms with Crippen molar-refractivity contribution in [2.45, 2.75) is 18.9 Å². The third-order valence-electron chi connectivity index (χ3n) is 2.74. The lowest BCUT2D eigenvalue weighted by molar-refractivity contribution is -0.131. The molecule has 1 saturated heterocycles. The molecule has 2 atom stereocenters. The summed E-state index contributed by atoms with van der Waals surface area (Å²) >= 11 is 0. The topological polar surface area (TPSA) is 75.6 Å². The predicted molar refractivity (Wildman–Crippen MR) is 55.2 cm³/mol. The van der Waals surface area contributed by atoms with Crippen LogP contribution in [-0.2, 0) is 4.79 Å². The van der Waals surface area contributed by atoms with Crippen LogP contribution in [0.4, 0.5) is 0 Å². The van der Waals surface area contributed by atoms with Gasteiger partial charge in [0.15, 0.2) is 0 Å². The average Bonchev–Trinajstić information content (AvgIpc) is 2.49. The van der Waals surface area contributed by atoms with Crippen LogP contribution in [0.3, 0.4) is 0 Å². The lowest BCUT2D eigenvalue weighted by atomic mass is 9.99. The van der Waals surface area contributed by atoms with E-state index in [1.54, 1.807) is 0 Å². The first-order valence-electron chi connectivity index (χ1n) is 4.97. The van der Waals surface area contributed by atoms with Crippen molar-refractivity contribution in [3.63, 3.8) is 0 Å². The van der Waals surface area contributed by atoms with E-state index >= 15 is 0 Å². The van der Waals surface area contributed by atoms with Crippen LogP contribution in [0.5, 0.6) is 0 Å². The second-order valence-corrected chi connectivity index (χ2v) is 4.21. The van der Waals surface area contributed by atoms with E-state index in [2.05, 4.69) is 11.9 Å². The van der Waals surface area contributed by atoms with E-state index in [0.29, 0.717) is 5.92 Å². The molecule has 2 unspecified atom stereocenters. The van der Waals surface area contributed by atoms with Crippen LogP contribution in [0.25, 0.3) is 0 Å². The Morgan fingerprint density at radius 2 is 2.36 bits per heavy atom. The molecule has 1 heterocycles. The summed E-state index contributed by atoms with van der Waals surface area (Å²) in [6, 6.07) is -0.443. The number of amides is 1. The summed E-state index contributed by atoms with van der Waals surface area (Å²) in [5.74, 6) is 5.69. The number of nitrogens with two attached hydrogens (primary N) is 2. The molecule has 0 saturated carbocycles. The molecule has 82 valence electrons. The molecule has 0 aromatic heterocycles. The van der Waals surface area contributed by atoms with Gasteiger partial charge in [-0.15, -0.1) is 0 Å². The average molecular weight is 200 g/mol. The summed E-state index contributed by atoms with van der Waals surface area (Å²) < 4.78 is 0. The van der Waals surface area contributed by atoms with E-state index in [4.69, 9.17) is 11.6 Å². The molecule has 4 N–H and O–H groups in total. The molecular weight excluding hydrogens is 180 g/mol. The van der Waals surface area contributed by atoms with Gasteiger partial charge in [-0.2, -0.15) is 0 Å². The van der Waals surface area contributed by atoms with Gasteiger partial charge in [0, 0.05) is 13.6 Å². The molecule has 1 aliphatic rings. The van der Waals surface area contributed by atoms with Crippen LogP contribution >= 0.6 is 0 Å². The molecule has 1 fully saturated rings. The largest absolute Gasteiger partial charge is 0.320 e. The van der Waals surface area contributed by atoms with Crippen LogP contribution in [0, 0.1) is 5.92 Å². The highest BCUT2D eigenvalue weighted by Gasteiger charge is 2.25. The molecule has 5 heteroatoms. The maximum Gasteiger partial charge on any atom is 0.253 e. The second-order valence-electron chi connectivity index (χ2n) is 4.21. The number of carbonyl (C=O) groups excluding carboxylic acids is 1. The summed E-state index contributed by atoms with van der Waals surface area (Å²) in [6.45, 7) is 2.14. The lowest BCUT2D eigenvalue weighted by Gasteiger charge is -2.19. The SMILES string of the molecule is CN1CCC(CC(N)C(=O)N(C)N)C1. The molecule has 0 radical (unpaired) electrons. The van der Waals surface area contributed by atoms with Crippen molar-refractivity contribution in [3.8, 4) is 0 Å². The number of hydrazine groups is 1. The van der Waals surface area contributed by atoms with Crippen LogP contribution in [-0.4, -0.2) is 49.0 Å². The van der Waals surface area contributed by atoms with Gasteiger partial charge in [0.05, 0.1) is 6.04 Å². The van der Waals surface area contributed by atoms with Crippen LogP contribution < -0.4 is 11.6 Å². The van der Waals surface area contributed by atoms with Gasteiger partial charge in [-0.1, -0.05) is 0 Å². The van der Waals surface area contributed by atoms with E-state index in [-0.39, 0.29) is 5.91 Å². The zero-order valence-corrected chi connectivity index (χ0v) is 8.94. The number of likely N-dealkylation sites (tertiary alicyclic amines) is 1. The maximum absolute atomic E-state index is 11.4. The zero-order valence-electron chi connectivity index (χ0n) is 8.94. The van der Waals surface area contributed by atoms with Gasteiger partial charge in [-0.3, -0.25) is 9.80 Å². The third-order valence-corrected chi connectivity index (χ3v) is 2.74. The standard InChI is InChI=1S/C9H20N4O/c1-12-4-3-7(6-12)5-8(10)9(14)13(2)11/h7-8H,3-6,10-11H2,1-2H3.